The van der Waals surface area contributed by atoms with Crippen LogP contribution in [0.1, 0.15) is 24.2 Å². The minimum atomic E-state index is -3.18. The second-order valence-corrected chi connectivity index (χ2v) is 6.49. The molecule has 1 saturated heterocycles. The van der Waals surface area contributed by atoms with Crippen molar-refractivity contribution in [3.8, 4) is 11.3 Å². The van der Waals surface area contributed by atoms with E-state index in [4.69, 9.17) is 13.9 Å². The van der Waals surface area contributed by atoms with Crippen LogP contribution in [0, 0.1) is 0 Å². The molecule has 2 heterocycles. The molecule has 2 amide bonds. The molecular weight excluding hydrogens is 406 g/mol. The van der Waals surface area contributed by atoms with E-state index in [2.05, 4.69) is 5.32 Å². The lowest BCUT2D eigenvalue weighted by molar-refractivity contribution is -0.133. The van der Waals surface area contributed by atoms with Gasteiger partial charge in [0.1, 0.15) is 11.9 Å². The SMILES string of the molecule is CCOC(=O)c1c2ccc(N3CC(C(C)NC(=O)C(F)F)OC3=O)ccc-2oc1=O. The normalized spacial score (nSPS) is 17.2. The number of fused-ring (bicyclic) bond motifs is 1. The Hall–Kier alpha value is -3.50. The van der Waals surface area contributed by atoms with Crippen LogP contribution in [0.5, 0.6) is 0 Å². The monoisotopic (exact) mass is 424 g/mol. The summed E-state index contributed by atoms with van der Waals surface area (Å²) in [6, 6.07) is 4.97. The number of rotatable bonds is 6. The van der Waals surface area contributed by atoms with E-state index in [1.165, 1.54) is 36.1 Å². The molecule has 2 atom stereocenters. The molecule has 2 unspecified atom stereocenters. The van der Waals surface area contributed by atoms with E-state index < -0.39 is 42.2 Å². The molecule has 0 radical (unpaired) electrons. The fourth-order valence-electron chi connectivity index (χ4n) is 3.03. The maximum atomic E-state index is 12.4. The summed E-state index contributed by atoms with van der Waals surface area (Å²) in [5.41, 5.74) is -0.519. The zero-order valence-electron chi connectivity index (χ0n) is 16.0. The Morgan fingerprint density at radius 1 is 1.27 bits per heavy atom. The molecule has 3 rings (SSSR count). The number of carbonyl (C=O) groups is 3. The van der Waals surface area contributed by atoms with E-state index in [-0.39, 0.29) is 30.0 Å². The van der Waals surface area contributed by atoms with Crippen LogP contribution in [0.2, 0.25) is 0 Å². The van der Waals surface area contributed by atoms with Gasteiger partial charge in [-0.3, -0.25) is 9.69 Å². The van der Waals surface area contributed by atoms with Crippen molar-refractivity contribution in [2.24, 2.45) is 0 Å². The number of hydrogen-bond acceptors (Lipinski definition) is 7. The Bertz CT molecular complexity index is 1010. The topological polar surface area (TPSA) is 115 Å². The molecule has 2 aliphatic heterocycles. The summed E-state index contributed by atoms with van der Waals surface area (Å²) in [4.78, 5) is 48.6. The van der Waals surface area contributed by atoms with E-state index in [9.17, 15) is 28.0 Å². The summed E-state index contributed by atoms with van der Waals surface area (Å²) >= 11 is 0. The number of nitrogens with zero attached hydrogens (tertiary/aromatic N) is 1. The maximum absolute atomic E-state index is 12.4. The molecule has 11 heteroatoms. The van der Waals surface area contributed by atoms with Crippen LogP contribution in [-0.4, -0.2) is 49.7 Å². The molecule has 30 heavy (non-hydrogen) atoms. The number of nitrogens with one attached hydrogen (secondary N) is 1. The van der Waals surface area contributed by atoms with Gasteiger partial charge in [-0.05, 0) is 38.1 Å². The number of esters is 1. The van der Waals surface area contributed by atoms with Gasteiger partial charge >= 0.3 is 24.1 Å². The van der Waals surface area contributed by atoms with Gasteiger partial charge in [0.2, 0.25) is 0 Å². The third-order valence-corrected chi connectivity index (χ3v) is 4.52. The summed E-state index contributed by atoms with van der Waals surface area (Å²) < 4.78 is 40.0. The molecule has 0 aromatic carbocycles. The van der Waals surface area contributed by atoms with Crippen molar-refractivity contribution in [2.45, 2.75) is 32.4 Å². The number of cyclic esters (lactones) is 1. The Morgan fingerprint density at radius 3 is 2.63 bits per heavy atom. The highest BCUT2D eigenvalue weighted by molar-refractivity contribution is 5.97. The van der Waals surface area contributed by atoms with E-state index in [1.54, 1.807) is 6.92 Å². The molecule has 160 valence electrons. The molecule has 0 aromatic rings. The van der Waals surface area contributed by atoms with Crippen molar-refractivity contribution in [1.29, 1.82) is 0 Å². The quantitative estimate of drug-likeness (QED) is 0.706. The first-order chi connectivity index (χ1) is 14.2. The van der Waals surface area contributed by atoms with Gasteiger partial charge in [0.25, 0.3) is 5.91 Å². The maximum Gasteiger partial charge on any atom is 0.414 e. The van der Waals surface area contributed by atoms with Crippen LogP contribution in [0.4, 0.5) is 19.3 Å². The van der Waals surface area contributed by atoms with Gasteiger partial charge in [-0.1, -0.05) is 0 Å². The lowest BCUT2D eigenvalue weighted by Gasteiger charge is -2.18. The van der Waals surface area contributed by atoms with Gasteiger partial charge in [0.05, 0.1) is 19.2 Å². The van der Waals surface area contributed by atoms with Crippen LogP contribution in [0.3, 0.4) is 0 Å². The molecule has 0 bridgehead atoms. The van der Waals surface area contributed by atoms with E-state index in [0.29, 0.717) is 5.69 Å². The number of anilines is 1. The summed E-state index contributed by atoms with van der Waals surface area (Å²) in [6.45, 7) is 3.12. The van der Waals surface area contributed by atoms with Crippen molar-refractivity contribution < 1.29 is 37.1 Å². The average Bonchev–Trinajstić information content (AvgIpc) is 3.15. The Kier molecular flexibility index (Phi) is 5.99. The van der Waals surface area contributed by atoms with Crippen LogP contribution in [0.15, 0.2) is 33.5 Å². The van der Waals surface area contributed by atoms with E-state index in [0.717, 1.165) is 0 Å². The number of alkyl halides is 2. The van der Waals surface area contributed by atoms with Crippen molar-refractivity contribution in [3.63, 3.8) is 0 Å². The Morgan fingerprint density at radius 2 is 1.97 bits per heavy atom. The molecule has 0 aromatic heterocycles. The molecule has 0 spiro atoms. The number of furan rings is 1. The first-order valence-corrected chi connectivity index (χ1v) is 9.03. The molecule has 0 saturated carbocycles. The Balaban J connectivity index is 1.84. The number of halogens is 2. The minimum Gasteiger partial charge on any atom is -0.462 e. The predicted molar refractivity (Wildman–Crippen MR) is 98.8 cm³/mol. The fourth-order valence-corrected chi connectivity index (χ4v) is 3.03. The number of ether oxygens (including phenoxy) is 2. The van der Waals surface area contributed by atoms with Gasteiger partial charge in [-0.15, -0.1) is 0 Å². The van der Waals surface area contributed by atoms with Gasteiger partial charge in [-0.25, -0.2) is 14.4 Å². The predicted octanol–water partition coefficient (Wildman–Crippen LogP) is 2.02. The number of amides is 2. The summed E-state index contributed by atoms with van der Waals surface area (Å²) in [5.74, 6) is -2.15. The molecule has 9 nitrogen and oxygen atoms in total. The van der Waals surface area contributed by atoms with Crippen LogP contribution in [0.25, 0.3) is 11.3 Å². The van der Waals surface area contributed by atoms with Gasteiger partial charge in [-0.2, -0.15) is 8.78 Å². The minimum absolute atomic E-state index is 0.00751. The van der Waals surface area contributed by atoms with Crippen molar-refractivity contribution in [3.05, 3.63) is 40.2 Å². The molecule has 1 aliphatic carbocycles. The summed E-state index contributed by atoms with van der Waals surface area (Å²) in [6.07, 6.45) is -4.77. The zero-order chi connectivity index (χ0) is 22.0. The molecule has 1 N–H and O–H groups in total. The van der Waals surface area contributed by atoms with Gasteiger partial charge in [0, 0.05) is 11.3 Å². The fraction of sp³-hybridized carbons (Fsp3) is 0.368. The van der Waals surface area contributed by atoms with Gasteiger partial charge in [0.15, 0.2) is 5.56 Å². The highest BCUT2D eigenvalue weighted by atomic mass is 19.3. The molecule has 3 aliphatic rings. The van der Waals surface area contributed by atoms with E-state index >= 15 is 0 Å². The highest BCUT2D eigenvalue weighted by Crippen LogP contribution is 2.29. The van der Waals surface area contributed by atoms with Crippen LogP contribution >= 0.6 is 0 Å². The van der Waals surface area contributed by atoms with Crippen LogP contribution in [-0.2, 0) is 14.3 Å². The van der Waals surface area contributed by atoms with Crippen molar-refractivity contribution in [1.82, 2.24) is 5.32 Å². The summed E-state index contributed by atoms with van der Waals surface area (Å²) in [5, 5.41) is 2.09. The third-order valence-electron chi connectivity index (χ3n) is 4.52. The average molecular weight is 424 g/mol. The van der Waals surface area contributed by atoms with Gasteiger partial charge < -0.3 is 19.2 Å². The second-order valence-electron chi connectivity index (χ2n) is 6.49. The first kappa shape index (κ1) is 21.2. The number of hydrogen-bond donors (Lipinski definition) is 1. The first-order valence-electron chi connectivity index (χ1n) is 9.03. The van der Waals surface area contributed by atoms with E-state index in [1.807, 2.05) is 0 Å². The highest BCUT2D eigenvalue weighted by Gasteiger charge is 2.37. The smallest absolute Gasteiger partial charge is 0.414 e. The largest absolute Gasteiger partial charge is 0.462 e. The third kappa shape index (κ3) is 4.09. The standard InChI is InChI=1S/C19H18F2N2O7/c1-3-28-17(25)14-11-6-4-10(5-7-12(11)29-18(14)26)23-8-13(30-19(23)27)9(2)22-16(24)15(20)21/h4-7,9,13,15H,3,8H2,1-2H3,(H,22,24). The lowest BCUT2D eigenvalue weighted by Crippen LogP contribution is -2.45. The second kappa shape index (κ2) is 8.47. The van der Waals surface area contributed by atoms with Crippen LogP contribution < -0.4 is 15.8 Å². The number of carbonyl (C=O) groups excluding carboxylic acids is 3. The Labute approximate surface area is 168 Å². The lowest BCUT2D eigenvalue weighted by atomic mass is 10.1. The van der Waals surface area contributed by atoms with Crippen molar-refractivity contribution >= 4 is 23.7 Å². The van der Waals surface area contributed by atoms with Crippen molar-refractivity contribution in [2.75, 3.05) is 18.1 Å². The zero-order valence-corrected chi connectivity index (χ0v) is 16.0. The summed E-state index contributed by atoms with van der Waals surface area (Å²) in [7, 11) is 0. The molecule has 1 fully saturated rings. The molecular formula is C19H18F2N2O7.